The highest BCUT2D eigenvalue weighted by Crippen LogP contribution is 2.20. The summed E-state index contributed by atoms with van der Waals surface area (Å²) in [6.07, 6.45) is -0.369. The van der Waals surface area contributed by atoms with E-state index in [1.54, 1.807) is 4.90 Å². The zero-order chi connectivity index (χ0) is 10.9. The molecule has 1 fully saturated rings. The van der Waals surface area contributed by atoms with E-state index in [4.69, 9.17) is 0 Å². The van der Waals surface area contributed by atoms with Crippen LogP contribution in [0, 0.1) is 11.8 Å². The Kier molecular flexibility index (Phi) is 3.84. The fourth-order valence-corrected chi connectivity index (χ4v) is 1.77. The third-order valence-electron chi connectivity index (χ3n) is 2.77. The van der Waals surface area contributed by atoms with Crippen molar-refractivity contribution in [2.24, 2.45) is 11.8 Å². The summed E-state index contributed by atoms with van der Waals surface area (Å²) in [7, 11) is 0. The molecular formula is C10H19NO2S. The Morgan fingerprint density at radius 3 is 2.43 bits per heavy atom. The van der Waals surface area contributed by atoms with Crippen molar-refractivity contribution >= 4 is 18.5 Å². The third-order valence-corrected chi connectivity index (χ3v) is 3.59. The van der Waals surface area contributed by atoms with Crippen molar-refractivity contribution in [1.29, 1.82) is 0 Å². The molecule has 1 amide bonds. The molecule has 1 aliphatic heterocycles. The lowest BCUT2D eigenvalue weighted by Crippen LogP contribution is -2.38. The van der Waals surface area contributed by atoms with E-state index in [0.29, 0.717) is 13.1 Å². The maximum atomic E-state index is 11.8. The van der Waals surface area contributed by atoms with Crippen LogP contribution in [0.2, 0.25) is 0 Å². The number of likely N-dealkylation sites (tertiary alicyclic amines) is 1. The van der Waals surface area contributed by atoms with Gasteiger partial charge in [0.2, 0.25) is 5.91 Å². The molecule has 1 saturated heterocycles. The Hall–Kier alpha value is -0.220. The summed E-state index contributed by atoms with van der Waals surface area (Å²) in [5.41, 5.74) is 0. The molecule has 14 heavy (non-hydrogen) atoms. The lowest BCUT2D eigenvalue weighted by Gasteiger charge is -2.22. The average Bonchev–Trinajstić information content (AvgIpc) is 2.44. The van der Waals surface area contributed by atoms with Gasteiger partial charge < -0.3 is 10.0 Å². The van der Waals surface area contributed by atoms with Crippen LogP contribution < -0.4 is 0 Å². The van der Waals surface area contributed by atoms with E-state index in [2.05, 4.69) is 12.6 Å². The van der Waals surface area contributed by atoms with Crippen LogP contribution >= 0.6 is 12.6 Å². The molecule has 0 radical (unpaired) electrons. The van der Waals surface area contributed by atoms with Gasteiger partial charge in [0.05, 0.1) is 11.4 Å². The normalized spacial score (nSPS) is 29.7. The highest BCUT2D eigenvalue weighted by molar-refractivity contribution is 7.81. The summed E-state index contributed by atoms with van der Waals surface area (Å²) in [5.74, 6) is 0.470. The van der Waals surface area contributed by atoms with Crippen molar-refractivity contribution in [3.63, 3.8) is 0 Å². The van der Waals surface area contributed by atoms with Gasteiger partial charge in [-0.05, 0) is 5.92 Å². The van der Waals surface area contributed by atoms with Gasteiger partial charge in [-0.3, -0.25) is 4.79 Å². The largest absolute Gasteiger partial charge is 0.391 e. The first-order chi connectivity index (χ1) is 6.43. The number of aliphatic hydroxyl groups excluding tert-OH is 1. The molecule has 3 nitrogen and oxygen atoms in total. The Morgan fingerprint density at radius 1 is 1.50 bits per heavy atom. The van der Waals surface area contributed by atoms with Crippen molar-refractivity contribution in [3.8, 4) is 0 Å². The van der Waals surface area contributed by atoms with E-state index < -0.39 is 0 Å². The number of β-amino-alcohol motifs (C(OH)–C–C–N with tert-alkyl or cyclic N) is 1. The molecule has 3 unspecified atom stereocenters. The standard InChI is InChI=1S/C10H19NO2S/c1-6(2)9(14)10(13)11-4-7(3)8(12)5-11/h6-9,12,14H,4-5H2,1-3H3. The number of hydrogen-bond acceptors (Lipinski definition) is 3. The predicted octanol–water partition coefficient (Wildman–Crippen LogP) is 0.780. The monoisotopic (exact) mass is 217 g/mol. The van der Waals surface area contributed by atoms with E-state index in [-0.39, 0.29) is 29.1 Å². The fourth-order valence-electron chi connectivity index (χ4n) is 1.60. The van der Waals surface area contributed by atoms with Crippen molar-refractivity contribution in [1.82, 2.24) is 4.90 Å². The molecule has 1 rings (SSSR count). The molecule has 0 aromatic heterocycles. The SMILES string of the molecule is CC(C)C(S)C(=O)N1CC(C)C(O)C1. The second-order valence-electron chi connectivity index (χ2n) is 4.48. The van der Waals surface area contributed by atoms with E-state index in [1.165, 1.54) is 0 Å². The van der Waals surface area contributed by atoms with Gasteiger partial charge in [-0.15, -0.1) is 0 Å². The number of carbonyl (C=O) groups excluding carboxylic acids is 1. The van der Waals surface area contributed by atoms with Crippen LogP contribution in [0.1, 0.15) is 20.8 Å². The zero-order valence-corrected chi connectivity index (χ0v) is 9.87. The fraction of sp³-hybridized carbons (Fsp3) is 0.900. The third kappa shape index (κ3) is 2.42. The summed E-state index contributed by atoms with van der Waals surface area (Å²) in [5, 5.41) is 9.28. The highest BCUT2D eigenvalue weighted by atomic mass is 32.1. The quantitative estimate of drug-likeness (QED) is 0.671. The second kappa shape index (κ2) is 4.53. The van der Waals surface area contributed by atoms with Gasteiger partial charge in [-0.25, -0.2) is 0 Å². The van der Waals surface area contributed by atoms with Gasteiger partial charge >= 0.3 is 0 Å². The molecule has 0 spiro atoms. The smallest absolute Gasteiger partial charge is 0.235 e. The minimum atomic E-state index is -0.369. The maximum absolute atomic E-state index is 11.8. The number of carbonyl (C=O) groups is 1. The van der Waals surface area contributed by atoms with Crippen molar-refractivity contribution in [2.75, 3.05) is 13.1 Å². The van der Waals surface area contributed by atoms with Gasteiger partial charge in [-0.1, -0.05) is 20.8 Å². The summed E-state index contributed by atoms with van der Waals surface area (Å²) in [6.45, 7) is 7.03. The van der Waals surface area contributed by atoms with E-state index in [1.807, 2.05) is 20.8 Å². The van der Waals surface area contributed by atoms with Gasteiger partial charge in [0, 0.05) is 19.0 Å². The van der Waals surface area contributed by atoms with Gasteiger partial charge in [0.25, 0.3) is 0 Å². The zero-order valence-electron chi connectivity index (χ0n) is 8.97. The first-order valence-electron chi connectivity index (χ1n) is 5.08. The lowest BCUT2D eigenvalue weighted by molar-refractivity contribution is -0.130. The average molecular weight is 217 g/mol. The molecule has 0 saturated carbocycles. The first kappa shape index (κ1) is 11.9. The molecule has 1 heterocycles. The van der Waals surface area contributed by atoms with Crippen molar-refractivity contribution in [2.45, 2.75) is 32.1 Å². The van der Waals surface area contributed by atoms with Crippen LogP contribution in [0.4, 0.5) is 0 Å². The number of nitrogens with zero attached hydrogens (tertiary/aromatic N) is 1. The summed E-state index contributed by atoms with van der Waals surface area (Å²) < 4.78 is 0. The first-order valence-corrected chi connectivity index (χ1v) is 5.60. The van der Waals surface area contributed by atoms with Gasteiger partial charge in [0.15, 0.2) is 0 Å². The van der Waals surface area contributed by atoms with Crippen LogP contribution in [-0.2, 0) is 4.79 Å². The molecular weight excluding hydrogens is 198 g/mol. The number of amides is 1. The molecule has 1 N–H and O–H groups in total. The van der Waals surface area contributed by atoms with Crippen LogP contribution in [0.3, 0.4) is 0 Å². The molecule has 0 bridgehead atoms. The lowest BCUT2D eigenvalue weighted by atomic mass is 10.1. The summed E-state index contributed by atoms with van der Waals surface area (Å²) in [4.78, 5) is 13.5. The summed E-state index contributed by atoms with van der Waals surface area (Å²) in [6, 6.07) is 0. The molecule has 4 heteroatoms. The minimum absolute atomic E-state index is 0.0479. The van der Waals surface area contributed by atoms with E-state index >= 15 is 0 Å². The molecule has 1 aliphatic rings. The van der Waals surface area contributed by atoms with Crippen molar-refractivity contribution in [3.05, 3.63) is 0 Å². The molecule has 0 aromatic carbocycles. The maximum Gasteiger partial charge on any atom is 0.235 e. The molecule has 3 atom stereocenters. The van der Waals surface area contributed by atoms with Crippen LogP contribution in [0.25, 0.3) is 0 Å². The van der Waals surface area contributed by atoms with E-state index in [0.717, 1.165) is 0 Å². The number of rotatable bonds is 2. The van der Waals surface area contributed by atoms with Gasteiger partial charge in [-0.2, -0.15) is 12.6 Å². The Balaban J connectivity index is 2.55. The Bertz CT molecular complexity index is 210. The second-order valence-corrected chi connectivity index (χ2v) is 5.03. The van der Waals surface area contributed by atoms with Gasteiger partial charge in [0.1, 0.15) is 0 Å². The van der Waals surface area contributed by atoms with Crippen LogP contribution in [0.5, 0.6) is 0 Å². The molecule has 0 aliphatic carbocycles. The minimum Gasteiger partial charge on any atom is -0.391 e. The number of thiol groups is 1. The van der Waals surface area contributed by atoms with Crippen LogP contribution in [0.15, 0.2) is 0 Å². The Morgan fingerprint density at radius 2 is 2.07 bits per heavy atom. The summed E-state index contributed by atoms with van der Waals surface area (Å²) >= 11 is 4.28. The predicted molar refractivity (Wildman–Crippen MR) is 59.4 cm³/mol. The van der Waals surface area contributed by atoms with E-state index in [9.17, 15) is 9.90 Å². The number of aliphatic hydroxyl groups is 1. The molecule has 0 aromatic rings. The Labute approximate surface area is 90.9 Å². The highest BCUT2D eigenvalue weighted by Gasteiger charge is 2.33. The molecule has 82 valence electrons. The van der Waals surface area contributed by atoms with Crippen molar-refractivity contribution < 1.29 is 9.90 Å². The number of hydrogen-bond donors (Lipinski definition) is 2. The van der Waals surface area contributed by atoms with Crippen LogP contribution in [-0.4, -0.2) is 40.4 Å². The topological polar surface area (TPSA) is 40.5 Å².